The van der Waals surface area contributed by atoms with E-state index in [2.05, 4.69) is 24.5 Å². The number of hydrogen-bond donors (Lipinski definition) is 2. The molecule has 0 spiro atoms. The number of nitrogens with one attached hydrogen (secondary N) is 2. The van der Waals surface area contributed by atoms with Crippen LogP contribution in [0.3, 0.4) is 0 Å². The van der Waals surface area contributed by atoms with Gasteiger partial charge in [-0.2, -0.15) is 0 Å². The molecule has 22 heavy (non-hydrogen) atoms. The number of amides is 1. The largest absolute Gasteiger partial charge is 0.492 e. The lowest BCUT2D eigenvalue weighted by atomic mass is 9.97. The van der Waals surface area contributed by atoms with Gasteiger partial charge in [0.2, 0.25) is 5.91 Å². The number of halogens is 2. The summed E-state index contributed by atoms with van der Waals surface area (Å²) >= 11 is 6.20. The Morgan fingerprint density at radius 1 is 1.41 bits per heavy atom. The van der Waals surface area contributed by atoms with E-state index < -0.39 is 0 Å². The molecule has 0 bridgehead atoms. The fourth-order valence-electron chi connectivity index (χ4n) is 2.28. The SMILES string of the molecule is CC(C)COc1ccc(NC(=O)C2CCNCC2)cc1Cl.Cl. The first-order chi connectivity index (χ1) is 10.1. The van der Waals surface area contributed by atoms with Crippen LogP contribution in [0.25, 0.3) is 0 Å². The highest BCUT2D eigenvalue weighted by Crippen LogP contribution is 2.28. The first-order valence-corrected chi connectivity index (χ1v) is 7.88. The highest BCUT2D eigenvalue weighted by Gasteiger charge is 2.21. The van der Waals surface area contributed by atoms with E-state index in [-0.39, 0.29) is 24.2 Å². The molecule has 0 unspecified atom stereocenters. The van der Waals surface area contributed by atoms with E-state index >= 15 is 0 Å². The summed E-state index contributed by atoms with van der Waals surface area (Å²) in [5, 5.41) is 6.72. The van der Waals surface area contributed by atoms with Gasteiger partial charge >= 0.3 is 0 Å². The van der Waals surface area contributed by atoms with E-state index in [4.69, 9.17) is 16.3 Å². The highest BCUT2D eigenvalue weighted by atomic mass is 35.5. The van der Waals surface area contributed by atoms with E-state index in [0.717, 1.165) is 31.6 Å². The topological polar surface area (TPSA) is 50.4 Å². The standard InChI is InChI=1S/C16H23ClN2O2.ClH/c1-11(2)10-21-15-4-3-13(9-14(15)17)19-16(20)12-5-7-18-8-6-12;/h3-4,9,11-12,18H,5-8,10H2,1-2H3,(H,19,20);1H. The Morgan fingerprint density at radius 2 is 2.09 bits per heavy atom. The molecule has 1 aliphatic rings. The lowest BCUT2D eigenvalue weighted by Gasteiger charge is -2.22. The summed E-state index contributed by atoms with van der Waals surface area (Å²) in [6, 6.07) is 5.39. The first kappa shape index (κ1) is 19.1. The number of benzene rings is 1. The van der Waals surface area contributed by atoms with Crippen molar-refractivity contribution >= 4 is 35.6 Å². The van der Waals surface area contributed by atoms with Gasteiger partial charge in [-0.05, 0) is 50.0 Å². The predicted molar refractivity (Wildman–Crippen MR) is 93.3 cm³/mol. The van der Waals surface area contributed by atoms with Crippen LogP contribution >= 0.6 is 24.0 Å². The number of carbonyl (C=O) groups is 1. The molecule has 0 aromatic heterocycles. The van der Waals surface area contributed by atoms with Gasteiger partial charge in [0, 0.05) is 11.6 Å². The van der Waals surface area contributed by atoms with Crippen LogP contribution in [0.2, 0.25) is 5.02 Å². The number of piperidine rings is 1. The van der Waals surface area contributed by atoms with Crippen LogP contribution in [0.4, 0.5) is 5.69 Å². The second-order valence-electron chi connectivity index (χ2n) is 5.86. The fraction of sp³-hybridized carbons (Fsp3) is 0.562. The molecule has 2 N–H and O–H groups in total. The Hall–Kier alpha value is -0.970. The van der Waals surface area contributed by atoms with Gasteiger partial charge in [0.05, 0.1) is 11.6 Å². The highest BCUT2D eigenvalue weighted by molar-refractivity contribution is 6.32. The van der Waals surface area contributed by atoms with E-state index in [1.165, 1.54) is 0 Å². The van der Waals surface area contributed by atoms with Crippen LogP contribution in [0.15, 0.2) is 18.2 Å². The van der Waals surface area contributed by atoms with Crippen LogP contribution in [-0.2, 0) is 4.79 Å². The molecule has 1 aromatic rings. The van der Waals surface area contributed by atoms with Gasteiger partial charge < -0.3 is 15.4 Å². The molecule has 1 saturated heterocycles. The monoisotopic (exact) mass is 346 g/mol. The van der Waals surface area contributed by atoms with Gasteiger partial charge in [-0.1, -0.05) is 25.4 Å². The fourth-order valence-corrected chi connectivity index (χ4v) is 2.52. The summed E-state index contributed by atoms with van der Waals surface area (Å²) in [6.07, 6.45) is 1.77. The van der Waals surface area contributed by atoms with Crippen molar-refractivity contribution in [1.29, 1.82) is 0 Å². The van der Waals surface area contributed by atoms with Crippen molar-refractivity contribution in [1.82, 2.24) is 5.32 Å². The lowest BCUT2D eigenvalue weighted by molar-refractivity contribution is -0.120. The molecule has 2 rings (SSSR count). The number of hydrogen-bond acceptors (Lipinski definition) is 3. The van der Waals surface area contributed by atoms with Crippen molar-refractivity contribution in [2.24, 2.45) is 11.8 Å². The van der Waals surface area contributed by atoms with Crippen LogP contribution in [0, 0.1) is 11.8 Å². The summed E-state index contributed by atoms with van der Waals surface area (Å²) in [5.41, 5.74) is 0.723. The molecule has 1 heterocycles. The third-order valence-electron chi connectivity index (χ3n) is 3.48. The molecule has 1 aliphatic heterocycles. The molecule has 124 valence electrons. The van der Waals surface area contributed by atoms with Crippen LogP contribution in [-0.4, -0.2) is 25.6 Å². The van der Waals surface area contributed by atoms with Gasteiger partial charge in [-0.3, -0.25) is 4.79 Å². The Kier molecular flexibility index (Phi) is 8.01. The van der Waals surface area contributed by atoms with E-state index in [1.807, 2.05) is 12.1 Å². The van der Waals surface area contributed by atoms with Gasteiger partial charge in [0.25, 0.3) is 0 Å². The Morgan fingerprint density at radius 3 is 2.68 bits per heavy atom. The van der Waals surface area contributed by atoms with Gasteiger partial charge in [0.1, 0.15) is 5.75 Å². The molecule has 0 saturated carbocycles. The van der Waals surface area contributed by atoms with Crippen LogP contribution in [0.5, 0.6) is 5.75 Å². The minimum absolute atomic E-state index is 0. The van der Waals surface area contributed by atoms with E-state index in [1.54, 1.807) is 6.07 Å². The van der Waals surface area contributed by atoms with Gasteiger partial charge in [0.15, 0.2) is 0 Å². The second kappa shape index (κ2) is 9.23. The molecular formula is C16H24Cl2N2O2. The zero-order valence-electron chi connectivity index (χ0n) is 13.0. The molecule has 1 fully saturated rings. The lowest BCUT2D eigenvalue weighted by Crippen LogP contribution is -2.34. The second-order valence-corrected chi connectivity index (χ2v) is 6.27. The average molecular weight is 347 g/mol. The molecule has 0 atom stereocenters. The minimum Gasteiger partial charge on any atom is -0.492 e. The summed E-state index contributed by atoms with van der Waals surface area (Å²) in [7, 11) is 0. The third-order valence-corrected chi connectivity index (χ3v) is 3.78. The number of ether oxygens (including phenoxy) is 1. The maximum Gasteiger partial charge on any atom is 0.227 e. The van der Waals surface area contributed by atoms with Gasteiger partial charge in [-0.15, -0.1) is 12.4 Å². The molecule has 4 nitrogen and oxygen atoms in total. The normalized spacial score (nSPS) is 15.3. The van der Waals surface area contributed by atoms with Crippen molar-refractivity contribution < 1.29 is 9.53 Å². The van der Waals surface area contributed by atoms with Crippen molar-refractivity contribution in [3.63, 3.8) is 0 Å². The summed E-state index contributed by atoms with van der Waals surface area (Å²) in [6.45, 7) is 6.60. The van der Waals surface area contributed by atoms with Crippen LogP contribution < -0.4 is 15.4 Å². The van der Waals surface area contributed by atoms with Crippen molar-refractivity contribution in [3.05, 3.63) is 23.2 Å². The zero-order valence-corrected chi connectivity index (χ0v) is 14.6. The Labute approximate surface area is 143 Å². The minimum atomic E-state index is 0. The summed E-state index contributed by atoms with van der Waals surface area (Å²) < 4.78 is 5.62. The van der Waals surface area contributed by atoms with Gasteiger partial charge in [-0.25, -0.2) is 0 Å². The summed E-state index contributed by atoms with van der Waals surface area (Å²) in [5.74, 6) is 1.26. The zero-order chi connectivity index (χ0) is 15.2. The van der Waals surface area contributed by atoms with Crippen molar-refractivity contribution in [2.45, 2.75) is 26.7 Å². The van der Waals surface area contributed by atoms with Crippen molar-refractivity contribution in [3.8, 4) is 5.75 Å². The summed E-state index contributed by atoms with van der Waals surface area (Å²) in [4.78, 5) is 12.2. The number of carbonyl (C=O) groups excluding carboxylic acids is 1. The van der Waals surface area contributed by atoms with Crippen molar-refractivity contribution in [2.75, 3.05) is 25.0 Å². The predicted octanol–water partition coefficient (Wildman–Crippen LogP) is 3.73. The molecule has 1 amide bonds. The molecular weight excluding hydrogens is 323 g/mol. The molecule has 1 aromatic carbocycles. The molecule has 0 aliphatic carbocycles. The maximum atomic E-state index is 12.2. The smallest absolute Gasteiger partial charge is 0.227 e. The van der Waals surface area contributed by atoms with E-state index in [9.17, 15) is 4.79 Å². The average Bonchev–Trinajstić information content (AvgIpc) is 2.47. The number of anilines is 1. The number of rotatable bonds is 5. The Bertz CT molecular complexity index is 489. The van der Waals surface area contributed by atoms with E-state index in [0.29, 0.717) is 23.3 Å². The quantitative estimate of drug-likeness (QED) is 0.853. The Balaban J connectivity index is 0.00000242. The maximum absolute atomic E-state index is 12.2. The third kappa shape index (κ3) is 5.67. The molecule has 6 heteroatoms. The first-order valence-electron chi connectivity index (χ1n) is 7.50. The van der Waals surface area contributed by atoms with Crippen LogP contribution in [0.1, 0.15) is 26.7 Å². The molecule has 0 radical (unpaired) electrons.